The largest absolute Gasteiger partial charge is 0.464 e. The molecule has 0 spiro atoms. The lowest BCUT2D eigenvalue weighted by atomic mass is 10.00. The molecule has 0 aliphatic carbocycles. The summed E-state index contributed by atoms with van der Waals surface area (Å²) in [5.41, 5.74) is 0.241. The molecule has 1 N–H and O–H groups in total. The normalized spacial score (nSPS) is 15.5. The Hall–Kier alpha value is -1.69. The van der Waals surface area contributed by atoms with Crippen molar-refractivity contribution < 1.29 is 9.53 Å². The average molecular weight is 264 g/mol. The Morgan fingerprint density at radius 1 is 1.47 bits per heavy atom. The summed E-state index contributed by atoms with van der Waals surface area (Å²) in [6.45, 7) is 7.28. The van der Waals surface area contributed by atoms with Gasteiger partial charge in [0.05, 0.1) is 19.5 Å². The third-order valence-corrected chi connectivity index (χ3v) is 3.13. The number of nitrogens with zero attached hydrogens (tertiary/aromatic N) is 3. The van der Waals surface area contributed by atoms with Crippen molar-refractivity contribution in [3.8, 4) is 0 Å². The third-order valence-electron chi connectivity index (χ3n) is 3.13. The second-order valence-corrected chi connectivity index (χ2v) is 5.09. The van der Waals surface area contributed by atoms with Crippen LogP contribution in [0.25, 0.3) is 0 Å². The molecule has 104 valence electrons. The Morgan fingerprint density at radius 3 is 2.74 bits per heavy atom. The minimum absolute atomic E-state index is 0.241. The summed E-state index contributed by atoms with van der Waals surface area (Å²) in [6, 6.07) is 0.521. The van der Waals surface area contributed by atoms with Crippen LogP contribution in [0.15, 0.2) is 12.4 Å². The van der Waals surface area contributed by atoms with Crippen molar-refractivity contribution in [1.29, 1.82) is 0 Å². The summed E-state index contributed by atoms with van der Waals surface area (Å²) < 4.78 is 4.58. The second kappa shape index (κ2) is 5.97. The second-order valence-electron chi connectivity index (χ2n) is 5.09. The molecule has 6 nitrogen and oxygen atoms in total. The van der Waals surface area contributed by atoms with Gasteiger partial charge in [0, 0.05) is 31.6 Å². The van der Waals surface area contributed by atoms with Gasteiger partial charge in [0.2, 0.25) is 0 Å². The highest BCUT2D eigenvalue weighted by Gasteiger charge is 2.27. The summed E-state index contributed by atoms with van der Waals surface area (Å²) in [5, 5.41) is 3.43. The van der Waals surface area contributed by atoms with E-state index in [1.54, 1.807) is 6.20 Å². The van der Waals surface area contributed by atoms with E-state index in [9.17, 15) is 4.79 Å². The summed E-state index contributed by atoms with van der Waals surface area (Å²) in [7, 11) is 1.33. The molecule has 1 aromatic rings. The van der Waals surface area contributed by atoms with Crippen LogP contribution in [0, 0.1) is 5.92 Å². The van der Waals surface area contributed by atoms with E-state index in [1.165, 1.54) is 13.3 Å². The number of aromatic nitrogens is 2. The maximum absolute atomic E-state index is 11.2. The molecule has 2 rings (SSSR count). The first kappa shape index (κ1) is 13.7. The molecule has 1 aliphatic heterocycles. The van der Waals surface area contributed by atoms with Gasteiger partial charge in [-0.05, 0) is 0 Å². The minimum Gasteiger partial charge on any atom is -0.464 e. The number of hydrogen-bond donors (Lipinski definition) is 1. The zero-order valence-corrected chi connectivity index (χ0v) is 11.6. The number of nitrogens with one attached hydrogen (secondary N) is 1. The number of methoxy groups -OCH3 is 1. The molecule has 2 heterocycles. The van der Waals surface area contributed by atoms with Crippen LogP contribution in [-0.2, 0) is 4.74 Å². The first-order valence-corrected chi connectivity index (χ1v) is 6.49. The smallest absolute Gasteiger partial charge is 0.358 e. The van der Waals surface area contributed by atoms with Gasteiger partial charge in [-0.1, -0.05) is 13.8 Å². The molecule has 1 fully saturated rings. The molecule has 19 heavy (non-hydrogen) atoms. The highest BCUT2D eigenvalue weighted by atomic mass is 16.5. The Morgan fingerprint density at radius 2 is 2.21 bits per heavy atom. The summed E-state index contributed by atoms with van der Waals surface area (Å²) in [4.78, 5) is 21.7. The van der Waals surface area contributed by atoms with Crippen molar-refractivity contribution in [2.24, 2.45) is 5.92 Å². The lowest BCUT2D eigenvalue weighted by molar-refractivity contribution is 0.0593. The van der Waals surface area contributed by atoms with Gasteiger partial charge >= 0.3 is 5.97 Å². The fraction of sp³-hybridized carbons (Fsp3) is 0.615. The summed E-state index contributed by atoms with van der Waals surface area (Å²) in [5.74, 6) is 1.01. The summed E-state index contributed by atoms with van der Waals surface area (Å²) >= 11 is 0. The number of anilines is 1. The number of hydrogen-bond acceptors (Lipinski definition) is 6. The molecular formula is C13H20N4O2. The van der Waals surface area contributed by atoms with Crippen LogP contribution in [0.3, 0.4) is 0 Å². The van der Waals surface area contributed by atoms with Gasteiger partial charge in [-0.2, -0.15) is 0 Å². The highest BCUT2D eigenvalue weighted by molar-refractivity contribution is 5.86. The fourth-order valence-corrected chi connectivity index (χ4v) is 1.98. The van der Waals surface area contributed by atoms with Crippen LogP contribution in [0.5, 0.6) is 0 Å². The number of rotatable bonds is 5. The zero-order chi connectivity index (χ0) is 13.8. The van der Waals surface area contributed by atoms with Gasteiger partial charge in [-0.3, -0.25) is 0 Å². The van der Waals surface area contributed by atoms with E-state index < -0.39 is 5.97 Å². The van der Waals surface area contributed by atoms with Gasteiger partial charge in [0.1, 0.15) is 5.82 Å². The number of carbonyl (C=O) groups is 1. The van der Waals surface area contributed by atoms with Crippen LogP contribution in [-0.4, -0.2) is 48.7 Å². The van der Waals surface area contributed by atoms with Crippen LogP contribution in [0.2, 0.25) is 0 Å². The van der Waals surface area contributed by atoms with Crippen LogP contribution in [0.1, 0.15) is 24.3 Å². The molecule has 0 radical (unpaired) electrons. The van der Waals surface area contributed by atoms with E-state index in [0.717, 1.165) is 25.5 Å². The first-order chi connectivity index (χ1) is 9.10. The van der Waals surface area contributed by atoms with Gasteiger partial charge in [-0.15, -0.1) is 0 Å². The topological polar surface area (TPSA) is 67.3 Å². The van der Waals surface area contributed by atoms with Crippen molar-refractivity contribution in [1.82, 2.24) is 15.3 Å². The van der Waals surface area contributed by atoms with Gasteiger partial charge in [0.25, 0.3) is 0 Å². The average Bonchev–Trinajstić information content (AvgIpc) is 2.36. The Labute approximate surface area is 113 Å². The predicted octanol–water partition coefficient (Wildman–Crippen LogP) is 0.697. The molecule has 0 bridgehead atoms. The molecule has 1 aromatic heterocycles. The Balaban J connectivity index is 1.83. The molecule has 0 atom stereocenters. The van der Waals surface area contributed by atoms with E-state index in [0.29, 0.717) is 12.0 Å². The van der Waals surface area contributed by atoms with Crippen molar-refractivity contribution in [2.75, 3.05) is 31.6 Å². The molecule has 1 aliphatic rings. The maximum atomic E-state index is 11.2. The molecule has 0 aromatic carbocycles. The molecular weight excluding hydrogens is 244 g/mol. The SMILES string of the molecule is COC(=O)c1cnc(N2CC(CNC(C)C)C2)cn1. The van der Waals surface area contributed by atoms with Crippen LogP contribution >= 0.6 is 0 Å². The van der Waals surface area contributed by atoms with Crippen molar-refractivity contribution in [2.45, 2.75) is 19.9 Å². The zero-order valence-electron chi connectivity index (χ0n) is 11.6. The van der Waals surface area contributed by atoms with Crippen molar-refractivity contribution in [3.63, 3.8) is 0 Å². The Kier molecular flexibility index (Phi) is 4.31. The molecule has 0 unspecified atom stereocenters. The standard InChI is InChI=1S/C13H20N4O2/c1-9(2)14-4-10-7-17(8-10)12-6-15-11(5-16-12)13(18)19-3/h5-6,9-10,14H,4,7-8H2,1-3H3. The number of ether oxygens (including phenoxy) is 1. The monoisotopic (exact) mass is 264 g/mol. The Bertz CT molecular complexity index is 427. The maximum Gasteiger partial charge on any atom is 0.358 e. The predicted molar refractivity (Wildman–Crippen MR) is 72.2 cm³/mol. The fourth-order valence-electron chi connectivity index (χ4n) is 1.98. The number of carbonyl (C=O) groups excluding carboxylic acids is 1. The van der Waals surface area contributed by atoms with Crippen molar-refractivity contribution in [3.05, 3.63) is 18.1 Å². The molecule has 0 amide bonds. The van der Waals surface area contributed by atoms with E-state index in [-0.39, 0.29) is 5.69 Å². The van der Waals surface area contributed by atoms with E-state index in [4.69, 9.17) is 0 Å². The van der Waals surface area contributed by atoms with Gasteiger partial charge in [0.15, 0.2) is 5.69 Å². The molecule has 0 saturated carbocycles. The van der Waals surface area contributed by atoms with E-state index in [1.807, 2.05) is 0 Å². The van der Waals surface area contributed by atoms with Crippen LogP contribution < -0.4 is 10.2 Å². The van der Waals surface area contributed by atoms with E-state index >= 15 is 0 Å². The van der Waals surface area contributed by atoms with Gasteiger partial charge < -0.3 is 15.0 Å². The van der Waals surface area contributed by atoms with Crippen LogP contribution in [0.4, 0.5) is 5.82 Å². The number of esters is 1. The lowest BCUT2D eigenvalue weighted by Crippen LogP contribution is -2.52. The third kappa shape index (κ3) is 3.41. The molecule has 1 saturated heterocycles. The first-order valence-electron chi connectivity index (χ1n) is 6.49. The quantitative estimate of drug-likeness (QED) is 0.790. The lowest BCUT2D eigenvalue weighted by Gasteiger charge is -2.40. The highest BCUT2D eigenvalue weighted by Crippen LogP contribution is 2.21. The van der Waals surface area contributed by atoms with E-state index in [2.05, 4.69) is 38.8 Å². The van der Waals surface area contributed by atoms with Crippen molar-refractivity contribution >= 4 is 11.8 Å². The molecule has 6 heteroatoms. The summed E-state index contributed by atoms with van der Waals surface area (Å²) in [6.07, 6.45) is 3.08. The minimum atomic E-state index is -0.457. The van der Waals surface area contributed by atoms with Gasteiger partial charge in [-0.25, -0.2) is 14.8 Å².